The standard InChI is InChI=1S/C15H9N3O6/c1-7(19)16-13-5-12-10(6-14(13)18(23)24)9-3-2-8(17(21)22)4-11(9)15(12)20/h2-6H,1H3,(H,16,19). The molecule has 1 N–H and O–H groups in total. The number of anilines is 1. The first-order valence-corrected chi connectivity index (χ1v) is 6.73. The van der Waals surface area contributed by atoms with Gasteiger partial charge in [-0.2, -0.15) is 0 Å². The molecule has 3 rings (SSSR count). The Morgan fingerprint density at radius 3 is 2.21 bits per heavy atom. The average molecular weight is 327 g/mol. The number of fused-ring (bicyclic) bond motifs is 3. The first-order valence-electron chi connectivity index (χ1n) is 6.73. The molecule has 0 heterocycles. The number of carbonyl (C=O) groups excluding carboxylic acids is 2. The smallest absolute Gasteiger partial charge is 0.293 e. The fourth-order valence-electron chi connectivity index (χ4n) is 2.65. The lowest BCUT2D eigenvalue weighted by Gasteiger charge is -2.06. The van der Waals surface area contributed by atoms with Crippen molar-refractivity contribution >= 4 is 28.8 Å². The van der Waals surface area contributed by atoms with Gasteiger partial charge in [-0.05, 0) is 17.7 Å². The zero-order valence-electron chi connectivity index (χ0n) is 12.2. The predicted molar refractivity (Wildman–Crippen MR) is 82.9 cm³/mol. The number of hydrogen-bond acceptors (Lipinski definition) is 6. The Bertz CT molecular complexity index is 950. The lowest BCUT2D eigenvalue weighted by Crippen LogP contribution is -2.09. The van der Waals surface area contributed by atoms with Gasteiger partial charge in [-0.3, -0.25) is 29.8 Å². The van der Waals surface area contributed by atoms with E-state index in [2.05, 4.69) is 5.32 Å². The van der Waals surface area contributed by atoms with Gasteiger partial charge in [-0.15, -0.1) is 0 Å². The van der Waals surface area contributed by atoms with Crippen molar-refractivity contribution < 1.29 is 19.4 Å². The van der Waals surface area contributed by atoms with Crippen molar-refractivity contribution in [2.24, 2.45) is 0 Å². The summed E-state index contributed by atoms with van der Waals surface area (Å²) in [6, 6.07) is 6.18. The number of amides is 1. The first kappa shape index (κ1) is 15.3. The molecular formula is C15H9N3O6. The van der Waals surface area contributed by atoms with E-state index in [-0.39, 0.29) is 28.2 Å². The summed E-state index contributed by atoms with van der Waals surface area (Å²) in [5.41, 5.74) is 0.258. The van der Waals surface area contributed by atoms with Crippen LogP contribution in [0.4, 0.5) is 17.1 Å². The molecule has 9 heteroatoms. The Kier molecular flexibility index (Phi) is 3.33. The summed E-state index contributed by atoms with van der Waals surface area (Å²) in [5.74, 6) is -0.998. The molecule has 0 fully saturated rings. The lowest BCUT2D eigenvalue weighted by atomic mass is 10.0. The molecule has 0 radical (unpaired) electrons. The minimum Gasteiger partial charge on any atom is -0.321 e. The van der Waals surface area contributed by atoms with Gasteiger partial charge in [0.2, 0.25) is 5.91 Å². The molecule has 0 aromatic heterocycles. The number of nitrogens with one attached hydrogen (secondary N) is 1. The number of benzene rings is 2. The van der Waals surface area contributed by atoms with Crippen LogP contribution in [0, 0.1) is 20.2 Å². The van der Waals surface area contributed by atoms with Crippen LogP contribution in [0.3, 0.4) is 0 Å². The zero-order chi connectivity index (χ0) is 17.6. The highest BCUT2D eigenvalue weighted by molar-refractivity contribution is 6.23. The third-order valence-electron chi connectivity index (χ3n) is 3.64. The van der Waals surface area contributed by atoms with E-state index < -0.39 is 21.5 Å². The number of non-ortho nitro benzene ring substituents is 1. The maximum Gasteiger partial charge on any atom is 0.293 e. The van der Waals surface area contributed by atoms with Crippen molar-refractivity contribution in [2.75, 3.05) is 5.32 Å². The molecule has 0 unspecified atom stereocenters. The molecule has 0 aliphatic heterocycles. The Hall–Kier alpha value is -3.62. The van der Waals surface area contributed by atoms with Crippen molar-refractivity contribution in [1.82, 2.24) is 0 Å². The molecule has 0 atom stereocenters. The normalized spacial score (nSPS) is 11.6. The lowest BCUT2D eigenvalue weighted by molar-refractivity contribution is -0.384. The van der Waals surface area contributed by atoms with Gasteiger partial charge in [0.1, 0.15) is 5.69 Å². The summed E-state index contributed by atoms with van der Waals surface area (Å²) in [6.45, 7) is 1.19. The largest absolute Gasteiger partial charge is 0.321 e. The molecule has 0 saturated heterocycles. The maximum atomic E-state index is 12.5. The molecular weight excluding hydrogens is 318 g/mol. The van der Waals surface area contributed by atoms with Crippen LogP contribution in [0.15, 0.2) is 30.3 Å². The van der Waals surface area contributed by atoms with Gasteiger partial charge in [-0.25, -0.2) is 0 Å². The number of carbonyl (C=O) groups is 2. The summed E-state index contributed by atoms with van der Waals surface area (Å²) in [4.78, 5) is 44.5. The van der Waals surface area contributed by atoms with E-state index in [1.165, 1.54) is 31.2 Å². The van der Waals surface area contributed by atoms with Crippen LogP contribution >= 0.6 is 0 Å². The first-order chi connectivity index (χ1) is 11.3. The Labute approximate surface area is 134 Å². The molecule has 120 valence electrons. The van der Waals surface area contributed by atoms with Crippen LogP contribution in [-0.2, 0) is 4.79 Å². The highest BCUT2D eigenvalue weighted by Crippen LogP contribution is 2.42. The minimum absolute atomic E-state index is 0.0955. The third kappa shape index (κ3) is 2.28. The second kappa shape index (κ2) is 5.23. The van der Waals surface area contributed by atoms with Gasteiger partial charge in [0.05, 0.1) is 9.85 Å². The van der Waals surface area contributed by atoms with E-state index >= 15 is 0 Å². The van der Waals surface area contributed by atoms with E-state index in [9.17, 15) is 29.8 Å². The highest BCUT2D eigenvalue weighted by atomic mass is 16.6. The Morgan fingerprint density at radius 1 is 0.958 bits per heavy atom. The van der Waals surface area contributed by atoms with E-state index in [1.54, 1.807) is 0 Å². The molecule has 0 bridgehead atoms. The van der Waals surface area contributed by atoms with Crippen molar-refractivity contribution in [3.05, 3.63) is 61.7 Å². The number of ketones is 1. The third-order valence-corrected chi connectivity index (χ3v) is 3.64. The van der Waals surface area contributed by atoms with E-state index in [0.29, 0.717) is 11.1 Å². The summed E-state index contributed by atoms with van der Waals surface area (Å²) < 4.78 is 0. The van der Waals surface area contributed by atoms with Crippen molar-refractivity contribution in [2.45, 2.75) is 6.92 Å². The second-order valence-corrected chi connectivity index (χ2v) is 5.17. The molecule has 0 spiro atoms. The maximum absolute atomic E-state index is 12.5. The predicted octanol–water partition coefficient (Wildman–Crippen LogP) is 2.67. The quantitative estimate of drug-likeness (QED) is 0.581. The van der Waals surface area contributed by atoms with Gasteiger partial charge >= 0.3 is 0 Å². The molecule has 1 amide bonds. The highest BCUT2D eigenvalue weighted by Gasteiger charge is 2.32. The van der Waals surface area contributed by atoms with Crippen LogP contribution in [0.2, 0.25) is 0 Å². The summed E-state index contributed by atoms with van der Waals surface area (Å²) in [5, 5.41) is 24.4. The van der Waals surface area contributed by atoms with Crippen LogP contribution in [-0.4, -0.2) is 21.5 Å². The topological polar surface area (TPSA) is 132 Å². The summed E-state index contributed by atoms with van der Waals surface area (Å²) in [6.07, 6.45) is 0. The van der Waals surface area contributed by atoms with Crippen molar-refractivity contribution in [1.29, 1.82) is 0 Å². The molecule has 2 aromatic carbocycles. The minimum atomic E-state index is -0.667. The molecule has 0 saturated carbocycles. The van der Waals surface area contributed by atoms with E-state index in [0.717, 1.165) is 6.07 Å². The summed E-state index contributed by atoms with van der Waals surface area (Å²) >= 11 is 0. The van der Waals surface area contributed by atoms with Crippen molar-refractivity contribution in [3.8, 4) is 11.1 Å². The number of nitro groups is 2. The molecule has 9 nitrogen and oxygen atoms in total. The van der Waals surface area contributed by atoms with Crippen molar-refractivity contribution in [3.63, 3.8) is 0 Å². The van der Waals surface area contributed by atoms with Gasteiger partial charge in [0.25, 0.3) is 11.4 Å². The molecule has 1 aliphatic carbocycles. The van der Waals surface area contributed by atoms with Gasteiger partial charge in [0.15, 0.2) is 5.78 Å². The van der Waals surface area contributed by atoms with Crippen LogP contribution in [0.5, 0.6) is 0 Å². The van der Waals surface area contributed by atoms with E-state index in [4.69, 9.17) is 0 Å². The number of nitrogens with zero attached hydrogens (tertiary/aromatic N) is 2. The van der Waals surface area contributed by atoms with Crippen LogP contribution in [0.1, 0.15) is 22.8 Å². The van der Waals surface area contributed by atoms with Crippen LogP contribution < -0.4 is 5.32 Å². The summed E-state index contributed by atoms with van der Waals surface area (Å²) in [7, 11) is 0. The monoisotopic (exact) mass is 327 g/mol. The SMILES string of the molecule is CC(=O)Nc1cc2c(cc1[N+](=O)[O-])-c1ccc([N+](=O)[O-])cc1C2=O. The molecule has 1 aliphatic rings. The van der Waals surface area contributed by atoms with Crippen LogP contribution in [0.25, 0.3) is 11.1 Å². The van der Waals surface area contributed by atoms with Gasteiger partial charge < -0.3 is 5.32 Å². The molecule has 2 aromatic rings. The number of hydrogen-bond donors (Lipinski definition) is 1. The van der Waals surface area contributed by atoms with Gasteiger partial charge in [-0.1, -0.05) is 0 Å². The second-order valence-electron chi connectivity index (χ2n) is 5.17. The van der Waals surface area contributed by atoms with E-state index in [1.807, 2.05) is 0 Å². The Morgan fingerprint density at radius 2 is 1.62 bits per heavy atom. The Balaban J connectivity index is 2.23. The molecule has 24 heavy (non-hydrogen) atoms. The fourth-order valence-corrected chi connectivity index (χ4v) is 2.65. The fraction of sp³-hybridized carbons (Fsp3) is 0.0667. The number of rotatable bonds is 3. The zero-order valence-corrected chi connectivity index (χ0v) is 12.2. The average Bonchev–Trinajstić information content (AvgIpc) is 2.78. The number of nitro benzene ring substituents is 2. The van der Waals surface area contributed by atoms with Gasteiger partial charge in [0, 0.05) is 41.8 Å².